The van der Waals surface area contributed by atoms with Crippen LogP contribution >= 0.6 is 22.7 Å². The maximum absolute atomic E-state index is 13.1. The first-order chi connectivity index (χ1) is 13.7. The number of benzene rings is 1. The number of anilines is 2. The first kappa shape index (κ1) is 16.8. The smallest absolute Gasteiger partial charge is 0.275 e. The Morgan fingerprint density at radius 1 is 1.11 bits per heavy atom. The van der Waals surface area contributed by atoms with E-state index in [1.807, 2.05) is 17.5 Å². The second-order valence-corrected chi connectivity index (χ2v) is 7.66. The molecule has 28 heavy (non-hydrogen) atoms. The normalized spacial score (nSPS) is 11.2. The highest BCUT2D eigenvalue weighted by molar-refractivity contribution is 7.25. The third kappa shape index (κ3) is 2.70. The van der Waals surface area contributed by atoms with Gasteiger partial charge in [0.1, 0.15) is 39.3 Å². The molecule has 0 bridgehead atoms. The van der Waals surface area contributed by atoms with E-state index in [1.54, 1.807) is 25.4 Å². The van der Waals surface area contributed by atoms with Gasteiger partial charge in [-0.2, -0.15) is 0 Å². The van der Waals surface area contributed by atoms with Crippen molar-refractivity contribution < 1.29 is 4.74 Å². The molecule has 0 radical (unpaired) electrons. The minimum absolute atomic E-state index is 0.154. The van der Waals surface area contributed by atoms with Gasteiger partial charge in [-0.3, -0.25) is 9.36 Å². The number of nitrogens with one attached hydrogen (secondary N) is 1. The highest BCUT2D eigenvalue weighted by atomic mass is 32.1. The molecule has 138 valence electrons. The number of thiazole rings is 1. The van der Waals surface area contributed by atoms with Crippen LogP contribution in [-0.4, -0.2) is 31.6 Å². The maximum atomic E-state index is 13.1. The van der Waals surface area contributed by atoms with E-state index >= 15 is 0 Å². The van der Waals surface area contributed by atoms with Crippen molar-refractivity contribution in [2.75, 3.05) is 12.4 Å². The van der Waals surface area contributed by atoms with Gasteiger partial charge < -0.3 is 10.1 Å². The summed E-state index contributed by atoms with van der Waals surface area (Å²) in [4.78, 5) is 31.2. The van der Waals surface area contributed by atoms with Crippen molar-refractivity contribution in [2.24, 2.45) is 0 Å². The summed E-state index contributed by atoms with van der Waals surface area (Å²) in [7, 11) is 1.60. The van der Waals surface area contributed by atoms with Gasteiger partial charge in [-0.05, 0) is 24.3 Å². The van der Waals surface area contributed by atoms with Gasteiger partial charge in [-0.15, -0.1) is 22.7 Å². The molecule has 0 saturated heterocycles. The third-order valence-electron chi connectivity index (χ3n) is 4.19. The summed E-state index contributed by atoms with van der Waals surface area (Å²) in [6.07, 6.45) is 4.71. The molecule has 0 spiro atoms. The van der Waals surface area contributed by atoms with Crippen molar-refractivity contribution in [1.29, 1.82) is 0 Å². The lowest BCUT2D eigenvalue weighted by Crippen LogP contribution is -2.17. The number of methoxy groups -OCH3 is 1. The Bertz CT molecular complexity index is 1340. The molecule has 10 heteroatoms. The standard InChI is InChI=1S/C18H12N6O2S2/c1-26-11-4-2-10(3-5-11)24-9-22-13-12-15(23-18-19-6-7-27-18)20-8-21-16(12)28-14(13)17(24)25/h2-9H,1H3,(H,19,20,21,23). The first-order valence-corrected chi connectivity index (χ1v) is 9.90. The number of aromatic nitrogens is 5. The summed E-state index contributed by atoms with van der Waals surface area (Å²) in [6.45, 7) is 0. The largest absolute Gasteiger partial charge is 0.497 e. The van der Waals surface area contributed by atoms with E-state index in [0.717, 1.165) is 11.1 Å². The van der Waals surface area contributed by atoms with Gasteiger partial charge in [0, 0.05) is 11.6 Å². The molecule has 0 aliphatic rings. The van der Waals surface area contributed by atoms with Crippen LogP contribution < -0.4 is 15.6 Å². The molecular weight excluding hydrogens is 396 g/mol. The fourth-order valence-electron chi connectivity index (χ4n) is 2.87. The topological polar surface area (TPSA) is 94.8 Å². The lowest BCUT2D eigenvalue weighted by Gasteiger charge is -2.06. The summed E-state index contributed by atoms with van der Waals surface area (Å²) in [5.41, 5.74) is 1.14. The second kappa shape index (κ2) is 6.66. The van der Waals surface area contributed by atoms with Crippen LogP contribution in [0.4, 0.5) is 10.9 Å². The summed E-state index contributed by atoms with van der Waals surface area (Å²) in [6, 6.07) is 7.24. The van der Waals surface area contributed by atoms with Crippen LogP contribution in [0.5, 0.6) is 5.75 Å². The molecule has 4 heterocycles. The van der Waals surface area contributed by atoms with E-state index in [4.69, 9.17) is 4.74 Å². The highest BCUT2D eigenvalue weighted by Crippen LogP contribution is 2.34. The van der Waals surface area contributed by atoms with Crippen molar-refractivity contribution in [3.8, 4) is 11.4 Å². The molecule has 0 aliphatic carbocycles. The van der Waals surface area contributed by atoms with E-state index in [0.29, 0.717) is 31.7 Å². The summed E-state index contributed by atoms with van der Waals surface area (Å²) in [5, 5.41) is 6.49. The molecule has 5 rings (SSSR count). The lowest BCUT2D eigenvalue weighted by atomic mass is 10.3. The van der Waals surface area contributed by atoms with Crippen LogP contribution in [-0.2, 0) is 0 Å². The van der Waals surface area contributed by atoms with Crippen molar-refractivity contribution in [1.82, 2.24) is 24.5 Å². The van der Waals surface area contributed by atoms with Gasteiger partial charge in [0.05, 0.1) is 18.2 Å². The number of hydrogen-bond donors (Lipinski definition) is 1. The van der Waals surface area contributed by atoms with Gasteiger partial charge in [-0.25, -0.2) is 19.9 Å². The third-order valence-corrected chi connectivity index (χ3v) is 5.95. The Kier molecular flexibility index (Phi) is 3.99. The molecule has 0 unspecified atom stereocenters. The fraction of sp³-hybridized carbons (Fsp3) is 0.0556. The Hall–Kier alpha value is -3.37. The van der Waals surface area contributed by atoms with E-state index < -0.39 is 0 Å². The number of ether oxygens (including phenoxy) is 1. The van der Waals surface area contributed by atoms with Crippen LogP contribution in [0.25, 0.3) is 26.1 Å². The maximum Gasteiger partial charge on any atom is 0.275 e. The molecule has 0 amide bonds. The van der Waals surface area contributed by atoms with E-state index in [9.17, 15) is 4.79 Å². The molecule has 1 aromatic carbocycles. The first-order valence-electron chi connectivity index (χ1n) is 8.20. The molecule has 5 aromatic rings. The molecule has 0 fully saturated rings. The average Bonchev–Trinajstić information content (AvgIpc) is 3.37. The molecule has 0 aliphatic heterocycles. The summed E-state index contributed by atoms with van der Waals surface area (Å²) in [5.74, 6) is 1.31. The lowest BCUT2D eigenvalue weighted by molar-refractivity contribution is 0.414. The predicted octanol–water partition coefficient (Wildman–Crippen LogP) is 3.60. The molecule has 4 aromatic heterocycles. The SMILES string of the molecule is COc1ccc(-n2cnc3c(sc4ncnc(Nc5nccs5)c43)c2=O)cc1. The van der Waals surface area contributed by atoms with E-state index in [2.05, 4.69) is 25.3 Å². The second-order valence-electron chi connectivity index (χ2n) is 5.76. The number of thiophene rings is 1. The molecule has 0 atom stereocenters. The Morgan fingerprint density at radius 3 is 2.71 bits per heavy atom. The van der Waals surface area contributed by atoms with Crippen LogP contribution in [0.15, 0.2) is 53.3 Å². The molecule has 0 saturated carbocycles. The van der Waals surface area contributed by atoms with Gasteiger partial charge in [0.15, 0.2) is 5.13 Å². The zero-order valence-corrected chi connectivity index (χ0v) is 16.1. The van der Waals surface area contributed by atoms with E-state index in [1.165, 1.54) is 39.9 Å². The van der Waals surface area contributed by atoms with Gasteiger partial charge in [0.2, 0.25) is 0 Å². The fourth-order valence-corrected chi connectivity index (χ4v) is 4.43. The summed E-state index contributed by atoms with van der Waals surface area (Å²) >= 11 is 2.77. The van der Waals surface area contributed by atoms with Crippen LogP contribution in [0, 0.1) is 0 Å². The van der Waals surface area contributed by atoms with E-state index in [-0.39, 0.29) is 5.56 Å². The van der Waals surface area contributed by atoms with Crippen LogP contribution in [0.3, 0.4) is 0 Å². The number of rotatable bonds is 4. The Morgan fingerprint density at radius 2 is 1.96 bits per heavy atom. The zero-order valence-electron chi connectivity index (χ0n) is 14.5. The van der Waals surface area contributed by atoms with Gasteiger partial charge in [0.25, 0.3) is 5.56 Å². The van der Waals surface area contributed by atoms with Gasteiger partial charge in [-0.1, -0.05) is 0 Å². The molecular formula is C18H12N6O2S2. The van der Waals surface area contributed by atoms with Crippen molar-refractivity contribution >= 4 is 54.1 Å². The number of nitrogens with zero attached hydrogens (tertiary/aromatic N) is 5. The van der Waals surface area contributed by atoms with Gasteiger partial charge >= 0.3 is 0 Å². The average molecular weight is 408 g/mol. The molecule has 8 nitrogen and oxygen atoms in total. The van der Waals surface area contributed by atoms with Crippen LogP contribution in [0.1, 0.15) is 0 Å². The van der Waals surface area contributed by atoms with Crippen molar-refractivity contribution in [3.63, 3.8) is 0 Å². The van der Waals surface area contributed by atoms with Crippen molar-refractivity contribution in [3.05, 3.63) is 58.9 Å². The quantitative estimate of drug-likeness (QED) is 0.485. The Labute approximate surface area is 166 Å². The minimum Gasteiger partial charge on any atom is -0.497 e. The minimum atomic E-state index is -0.154. The predicted molar refractivity (Wildman–Crippen MR) is 110 cm³/mol. The monoisotopic (exact) mass is 408 g/mol. The van der Waals surface area contributed by atoms with Crippen LogP contribution in [0.2, 0.25) is 0 Å². The van der Waals surface area contributed by atoms with Crippen molar-refractivity contribution in [2.45, 2.75) is 0 Å². The Balaban J connectivity index is 1.69. The zero-order chi connectivity index (χ0) is 19.1. The highest BCUT2D eigenvalue weighted by Gasteiger charge is 2.17. The summed E-state index contributed by atoms with van der Waals surface area (Å²) < 4.78 is 7.21. The number of fused-ring (bicyclic) bond motifs is 3. The number of hydrogen-bond acceptors (Lipinski definition) is 9. The molecule has 1 N–H and O–H groups in total.